The van der Waals surface area contributed by atoms with E-state index in [0.29, 0.717) is 0 Å². The molecule has 0 N–H and O–H groups in total. The highest BCUT2D eigenvalue weighted by Gasteiger charge is 2.40. The van der Waals surface area contributed by atoms with Gasteiger partial charge in [-0.2, -0.15) is 26.3 Å². The van der Waals surface area contributed by atoms with Crippen LogP contribution in [0.3, 0.4) is 0 Å². The van der Waals surface area contributed by atoms with Gasteiger partial charge in [-0.25, -0.2) is 4.79 Å². The van der Waals surface area contributed by atoms with Crippen LogP contribution in [0.2, 0.25) is 0 Å². The average molecular weight is 222 g/mol. The van der Waals surface area contributed by atoms with Crippen LogP contribution in [0.4, 0.5) is 26.3 Å². The Bertz CT molecular complexity index is 225. The number of carbonyl (C=O) groups excluding carboxylic acids is 1. The Hall–Kier alpha value is -1.21. The number of hydrogen-bond acceptors (Lipinski definition) is 2. The van der Waals surface area contributed by atoms with Crippen LogP contribution < -0.4 is 0 Å². The summed E-state index contributed by atoms with van der Waals surface area (Å²) >= 11 is 0. The van der Waals surface area contributed by atoms with E-state index in [9.17, 15) is 31.1 Å². The van der Waals surface area contributed by atoms with Gasteiger partial charge in [0.25, 0.3) is 0 Å². The number of rotatable bonds is 2. The number of esters is 1. The van der Waals surface area contributed by atoms with Crippen LogP contribution in [0.5, 0.6) is 0 Å². The number of alkyl halides is 6. The molecule has 0 aliphatic carbocycles. The summed E-state index contributed by atoms with van der Waals surface area (Å²) in [6, 6.07) is 0. The van der Waals surface area contributed by atoms with Crippen LogP contribution in [-0.4, -0.2) is 24.9 Å². The van der Waals surface area contributed by atoms with Crippen molar-refractivity contribution in [3.8, 4) is 0 Å². The van der Waals surface area contributed by atoms with E-state index in [1.54, 1.807) is 0 Å². The lowest BCUT2D eigenvalue weighted by Crippen LogP contribution is -2.25. The molecule has 0 aromatic carbocycles. The third kappa shape index (κ3) is 6.32. The molecule has 14 heavy (non-hydrogen) atoms. The molecule has 0 saturated heterocycles. The molecule has 2 nitrogen and oxygen atoms in total. The highest BCUT2D eigenvalue weighted by molar-refractivity contribution is 5.75. The molecule has 0 atom stereocenters. The first kappa shape index (κ1) is 12.8. The van der Waals surface area contributed by atoms with Crippen molar-refractivity contribution in [2.24, 2.45) is 0 Å². The van der Waals surface area contributed by atoms with Gasteiger partial charge in [-0.3, -0.25) is 0 Å². The van der Waals surface area contributed by atoms with Crippen molar-refractivity contribution in [3.63, 3.8) is 0 Å². The summed E-state index contributed by atoms with van der Waals surface area (Å²) < 4.78 is 71.7. The zero-order chi connectivity index (χ0) is 11.4. The number of halogens is 6. The minimum Gasteiger partial charge on any atom is -0.455 e. The molecule has 0 saturated carbocycles. The van der Waals surface area contributed by atoms with E-state index < -0.39 is 24.9 Å². The highest BCUT2D eigenvalue weighted by Crippen LogP contribution is 2.17. The summed E-state index contributed by atoms with van der Waals surface area (Å²) in [5.41, 5.74) is 0. The minimum absolute atomic E-state index is 0.267. The van der Waals surface area contributed by atoms with Crippen LogP contribution in [0.15, 0.2) is 12.2 Å². The Morgan fingerprint density at radius 2 is 1.64 bits per heavy atom. The zero-order valence-electron chi connectivity index (χ0n) is 6.45. The first-order valence-electron chi connectivity index (χ1n) is 3.11. The molecule has 0 aromatic rings. The second-order valence-corrected chi connectivity index (χ2v) is 2.04. The molecule has 0 aliphatic heterocycles. The second kappa shape index (κ2) is 4.34. The molecule has 0 spiro atoms. The summed E-state index contributed by atoms with van der Waals surface area (Å²) in [6.45, 7) is -1.07. The van der Waals surface area contributed by atoms with Gasteiger partial charge < -0.3 is 4.74 Å². The predicted molar refractivity (Wildman–Crippen MR) is 32.2 cm³/mol. The van der Waals surface area contributed by atoms with Gasteiger partial charge in [-0.15, -0.1) is 0 Å². The van der Waals surface area contributed by atoms with Crippen molar-refractivity contribution in [1.29, 1.82) is 0 Å². The Labute approximate surface area is 74.1 Å². The summed E-state index contributed by atoms with van der Waals surface area (Å²) in [5, 5.41) is 0. The van der Waals surface area contributed by atoms with Crippen molar-refractivity contribution >= 4 is 5.97 Å². The van der Waals surface area contributed by atoms with Crippen molar-refractivity contribution in [2.45, 2.75) is 12.4 Å². The number of allylic oxidation sites excluding steroid dienone is 1. The van der Waals surface area contributed by atoms with Gasteiger partial charge >= 0.3 is 18.3 Å². The largest absolute Gasteiger partial charge is 0.490 e. The molecule has 0 bridgehead atoms. The van der Waals surface area contributed by atoms with Gasteiger partial charge in [0.2, 0.25) is 0 Å². The van der Waals surface area contributed by atoms with Gasteiger partial charge in [0.15, 0.2) is 0 Å². The Kier molecular flexibility index (Phi) is 3.96. The maximum Gasteiger partial charge on any atom is 0.490 e. The van der Waals surface area contributed by atoms with Gasteiger partial charge in [0.05, 0.1) is 0 Å². The molecule has 82 valence electrons. The third-order valence-electron chi connectivity index (χ3n) is 0.849. The standard InChI is InChI=1S/C6H4F6O2/c7-5(8,9)2-1-3-14-4(13)6(10,11)12/h1-2H,3H2. The van der Waals surface area contributed by atoms with Crippen LogP contribution >= 0.6 is 0 Å². The molecule has 0 aliphatic rings. The molecule has 0 aromatic heterocycles. The molecule has 0 radical (unpaired) electrons. The number of carbonyl (C=O) groups is 1. The fourth-order valence-electron chi connectivity index (χ4n) is 0.387. The van der Waals surface area contributed by atoms with Gasteiger partial charge in [-0.05, 0) is 6.08 Å². The summed E-state index contributed by atoms with van der Waals surface area (Å²) in [7, 11) is 0. The lowest BCUT2D eigenvalue weighted by Gasteiger charge is -2.04. The maximum absolute atomic E-state index is 11.4. The summed E-state index contributed by atoms with van der Waals surface area (Å²) in [5.74, 6) is -2.52. The lowest BCUT2D eigenvalue weighted by molar-refractivity contribution is -0.198. The topological polar surface area (TPSA) is 26.3 Å². The smallest absolute Gasteiger partial charge is 0.455 e. The average Bonchev–Trinajstić information content (AvgIpc) is 1.93. The predicted octanol–water partition coefficient (Wildman–Crippen LogP) is 2.21. The Morgan fingerprint density at radius 1 is 1.14 bits per heavy atom. The van der Waals surface area contributed by atoms with Gasteiger partial charge in [0.1, 0.15) is 6.61 Å². The van der Waals surface area contributed by atoms with E-state index in [4.69, 9.17) is 0 Å². The fraction of sp³-hybridized carbons (Fsp3) is 0.500. The number of hydrogen-bond donors (Lipinski definition) is 0. The Balaban J connectivity index is 3.88. The van der Waals surface area contributed by atoms with Crippen LogP contribution in [-0.2, 0) is 9.53 Å². The number of ether oxygens (including phenoxy) is 1. The van der Waals surface area contributed by atoms with Crippen molar-refractivity contribution < 1.29 is 35.9 Å². The van der Waals surface area contributed by atoms with Crippen molar-refractivity contribution in [1.82, 2.24) is 0 Å². The molecular weight excluding hydrogens is 218 g/mol. The van der Waals surface area contributed by atoms with Crippen molar-refractivity contribution in [3.05, 3.63) is 12.2 Å². The quantitative estimate of drug-likeness (QED) is 0.406. The van der Waals surface area contributed by atoms with E-state index in [1.165, 1.54) is 0 Å². The third-order valence-corrected chi connectivity index (χ3v) is 0.849. The molecule has 0 heterocycles. The second-order valence-electron chi connectivity index (χ2n) is 2.04. The van der Waals surface area contributed by atoms with E-state index in [0.717, 1.165) is 0 Å². The van der Waals surface area contributed by atoms with E-state index in [-0.39, 0.29) is 12.2 Å². The molecular formula is C6H4F6O2. The van der Waals surface area contributed by atoms with Crippen molar-refractivity contribution in [2.75, 3.05) is 6.61 Å². The Morgan fingerprint density at radius 3 is 2.00 bits per heavy atom. The molecule has 8 heteroatoms. The van der Waals surface area contributed by atoms with E-state index in [2.05, 4.69) is 4.74 Å². The SMILES string of the molecule is O=C(OCC=CC(F)(F)F)C(F)(F)F. The van der Waals surface area contributed by atoms with Gasteiger partial charge in [-0.1, -0.05) is 0 Å². The first-order valence-corrected chi connectivity index (χ1v) is 3.11. The maximum atomic E-state index is 11.4. The zero-order valence-corrected chi connectivity index (χ0v) is 6.45. The normalized spacial score (nSPS) is 13.3. The molecule has 0 amide bonds. The first-order chi connectivity index (χ1) is 6.13. The van der Waals surface area contributed by atoms with E-state index >= 15 is 0 Å². The summed E-state index contributed by atoms with van der Waals surface area (Å²) in [4.78, 5) is 9.93. The van der Waals surface area contributed by atoms with Crippen LogP contribution in [0.25, 0.3) is 0 Å². The van der Waals surface area contributed by atoms with Crippen LogP contribution in [0.1, 0.15) is 0 Å². The molecule has 0 rings (SSSR count). The van der Waals surface area contributed by atoms with Crippen LogP contribution in [0, 0.1) is 0 Å². The monoisotopic (exact) mass is 222 g/mol. The lowest BCUT2D eigenvalue weighted by atomic mass is 10.5. The van der Waals surface area contributed by atoms with E-state index in [1.807, 2.05) is 0 Å². The van der Waals surface area contributed by atoms with Gasteiger partial charge in [0, 0.05) is 6.08 Å². The summed E-state index contributed by atoms with van der Waals surface area (Å²) in [6.07, 6.45) is -9.88. The fourth-order valence-corrected chi connectivity index (χ4v) is 0.387. The minimum atomic E-state index is -5.19. The molecule has 0 fully saturated rings. The molecule has 0 unspecified atom stereocenters. The highest BCUT2D eigenvalue weighted by atomic mass is 19.4.